The number of aromatic nitrogens is 1. The molecule has 2 N–H and O–H groups in total. The third kappa shape index (κ3) is 5.53. The van der Waals surface area contributed by atoms with Gasteiger partial charge in [-0.05, 0) is 102 Å². The van der Waals surface area contributed by atoms with Crippen LogP contribution >= 0.6 is 28.4 Å². The summed E-state index contributed by atoms with van der Waals surface area (Å²) in [6.07, 6.45) is 10.8. The summed E-state index contributed by atoms with van der Waals surface area (Å²) in [5, 5.41) is 11.6. The second kappa shape index (κ2) is 11.7. The van der Waals surface area contributed by atoms with Crippen LogP contribution < -0.4 is 9.99 Å². The van der Waals surface area contributed by atoms with Gasteiger partial charge >= 0.3 is 0 Å². The Labute approximate surface area is 251 Å². The summed E-state index contributed by atoms with van der Waals surface area (Å²) < 4.78 is 26.0. The Kier molecular flexibility index (Phi) is 8.41. The van der Waals surface area contributed by atoms with E-state index in [0.29, 0.717) is 37.1 Å². The van der Waals surface area contributed by atoms with Crippen molar-refractivity contribution < 1.29 is 13.9 Å². The molecular weight excluding hydrogens is 639 g/mol. The normalized spacial score (nSPS) is 23.9. The first-order valence-corrected chi connectivity index (χ1v) is 18.5. The lowest BCUT2D eigenvalue weighted by atomic mass is 9.57. The average Bonchev–Trinajstić information content (AvgIpc) is 3.69. The third-order valence-electron chi connectivity index (χ3n) is 9.79. The molecule has 2 aliphatic carbocycles. The monoisotopic (exact) mass is 679 g/mol. The van der Waals surface area contributed by atoms with Crippen LogP contribution in [-0.2, 0) is 15.9 Å². The van der Waals surface area contributed by atoms with Crippen molar-refractivity contribution in [2.45, 2.75) is 62.9 Å². The number of anilines is 2. The highest BCUT2D eigenvalue weighted by molar-refractivity contribution is 14.2. The van der Waals surface area contributed by atoms with Crippen LogP contribution in [0.1, 0.15) is 67.0 Å². The number of piperidine rings is 1. The number of alkyl halides is 1. The SMILES string of the molecule is COC(OC)C1CC2(CCN(c3ccc(C4c5ccc(NPI)c(C=N)c5CCN4CC4(F)CC4)nc3)CC2)C1. The van der Waals surface area contributed by atoms with E-state index in [1.54, 1.807) is 14.2 Å². The molecule has 7 nitrogen and oxygen atoms in total. The number of fused-ring (bicyclic) bond motifs is 1. The maximum absolute atomic E-state index is 15.0. The molecule has 2 aromatic rings. The van der Waals surface area contributed by atoms with E-state index in [-0.39, 0.29) is 12.3 Å². The van der Waals surface area contributed by atoms with Crippen LogP contribution in [0.4, 0.5) is 15.8 Å². The summed E-state index contributed by atoms with van der Waals surface area (Å²) in [4.78, 5) is 9.75. The molecule has 1 aromatic carbocycles. The first-order valence-electron chi connectivity index (χ1n) is 14.4. The number of nitrogens with zero attached hydrogens (tertiary/aromatic N) is 3. The molecule has 40 heavy (non-hydrogen) atoms. The Morgan fingerprint density at radius 2 is 1.90 bits per heavy atom. The van der Waals surface area contributed by atoms with Crippen molar-refractivity contribution in [2.24, 2.45) is 11.3 Å². The zero-order valence-electron chi connectivity index (χ0n) is 23.4. The first kappa shape index (κ1) is 28.7. The van der Waals surface area contributed by atoms with Crippen molar-refractivity contribution in [3.63, 3.8) is 0 Å². The fraction of sp³-hybridized carbons (Fsp3) is 0.600. The molecule has 4 aliphatic rings. The first-order chi connectivity index (χ1) is 19.4. The van der Waals surface area contributed by atoms with Gasteiger partial charge in [0.2, 0.25) is 0 Å². The van der Waals surface area contributed by atoms with Crippen LogP contribution in [0, 0.1) is 16.7 Å². The average molecular weight is 680 g/mol. The van der Waals surface area contributed by atoms with Crippen LogP contribution in [-0.4, -0.2) is 68.5 Å². The molecule has 2 saturated carbocycles. The second-order valence-corrected chi connectivity index (χ2v) is 14.2. The van der Waals surface area contributed by atoms with E-state index >= 15 is 4.39 Å². The van der Waals surface area contributed by atoms with Crippen LogP contribution in [0.2, 0.25) is 0 Å². The van der Waals surface area contributed by atoms with Crippen LogP contribution in [0.3, 0.4) is 0 Å². The van der Waals surface area contributed by atoms with Crippen molar-refractivity contribution in [1.82, 2.24) is 9.88 Å². The minimum atomic E-state index is -1.07. The highest BCUT2D eigenvalue weighted by atomic mass is 127. The van der Waals surface area contributed by atoms with Gasteiger partial charge in [0.1, 0.15) is 5.67 Å². The largest absolute Gasteiger partial charge is 0.370 e. The van der Waals surface area contributed by atoms with E-state index in [9.17, 15) is 0 Å². The fourth-order valence-corrected chi connectivity index (χ4v) is 8.61. The van der Waals surface area contributed by atoms with E-state index in [0.717, 1.165) is 54.3 Å². The number of halogens is 2. The Morgan fingerprint density at radius 3 is 2.50 bits per heavy atom. The highest BCUT2D eigenvalue weighted by Gasteiger charge is 2.49. The van der Waals surface area contributed by atoms with Gasteiger partial charge in [0.25, 0.3) is 0 Å². The maximum Gasteiger partial charge on any atom is 0.159 e. The molecular formula is C30H40FIN5O2P. The van der Waals surface area contributed by atoms with E-state index in [1.165, 1.54) is 37.5 Å². The summed E-state index contributed by atoms with van der Waals surface area (Å²) in [6.45, 7) is 3.29. The molecule has 3 heterocycles. The third-order valence-corrected chi connectivity index (χ3v) is 11.0. The Bertz CT molecular complexity index is 1210. The topological polar surface area (TPSA) is 73.7 Å². The lowest BCUT2D eigenvalue weighted by Crippen LogP contribution is -2.50. The second-order valence-electron chi connectivity index (χ2n) is 12.2. The molecule has 0 amide bonds. The number of hydrogen-bond donors (Lipinski definition) is 2. The van der Waals surface area contributed by atoms with Gasteiger partial charge in [0.05, 0.1) is 23.6 Å². The molecule has 1 spiro atoms. The number of benzene rings is 1. The molecule has 10 heteroatoms. The van der Waals surface area contributed by atoms with Crippen LogP contribution in [0.5, 0.6) is 0 Å². The summed E-state index contributed by atoms with van der Waals surface area (Å²) in [6, 6.07) is 8.49. The predicted molar refractivity (Wildman–Crippen MR) is 169 cm³/mol. The standard InChI is InChI=1S/C30H40FIN5O2P/c1-38-28(39-2)20-15-29(16-20)10-13-36(14-11-29)21-3-5-26(34-18-21)27-23-4-6-25(35-40-32)24(17-33)22(23)7-12-37(27)19-30(31)8-9-30/h3-6,17-18,20,27-28,33,35,40H,7-16,19H2,1-2H3. The molecule has 0 radical (unpaired) electrons. The van der Waals surface area contributed by atoms with Crippen LogP contribution in [0.25, 0.3) is 0 Å². The number of methoxy groups -OCH3 is 2. The summed E-state index contributed by atoms with van der Waals surface area (Å²) >= 11 is 2.32. The molecule has 2 unspecified atom stereocenters. The van der Waals surface area contributed by atoms with Gasteiger partial charge in [0, 0.05) is 70.2 Å². The van der Waals surface area contributed by atoms with Gasteiger partial charge in [0.15, 0.2) is 6.29 Å². The minimum absolute atomic E-state index is 0.0818. The zero-order chi connectivity index (χ0) is 27.9. The minimum Gasteiger partial charge on any atom is -0.370 e. The van der Waals surface area contributed by atoms with E-state index in [4.69, 9.17) is 19.9 Å². The van der Waals surface area contributed by atoms with Gasteiger partial charge in [-0.25, -0.2) is 4.39 Å². The van der Waals surface area contributed by atoms with Gasteiger partial charge in [-0.1, -0.05) is 6.07 Å². The van der Waals surface area contributed by atoms with Crippen molar-refractivity contribution >= 4 is 46.0 Å². The van der Waals surface area contributed by atoms with Crippen molar-refractivity contribution in [3.05, 3.63) is 52.8 Å². The Morgan fingerprint density at radius 1 is 1.15 bits per heavy atom. The molecule has 216 valence electrons. The lowest BCUT2D eigenvalue weighted by Gasteiger charge is -2.53. The number of ether oxygens (including phenoxy) is 2. The van der Waals surface area contributed by atoms with Crippen molar-refractivity contribution in [3.8, 4) is 0 Å². The fourth-order valence-electron chi connectivity index (χ4n) is 7.42. The van der Waals surface area contributed by atoms with E-state index in [1.807, 2.05) is 6.20 Å². The molecule has 1 saturated heterocycles. The van der Waals surface area contributed by atoms with E-state index in [2.05, 4.69) is 61.2 Å². The van der Waals surface area contributed by atoms with Crippen molar-refractivity contribution in [2.75, 3.05) is 50.4 Å². The van der Waals surface area contributed by atoms with E-state index < -0.39 is 5.67 Å². The van der Waals surface area contributed by atoms with Crippen LogP contribution in [0.15, 0.2) is 30.5 Å². The summed E-state index contributed by atoms with van der Waals surface area (Å²) in [5.41, 5.74) is 5.78. The smallest absolute Gasteiger partial charge is 0.159 e. The Hall–Kier alpha value is -1.39. The number of nitrogens with one attached hydrogen (secondary N) is 2. The van der Waals surface area contributed by atoms with Gasteiger partial charge in [-0.2, -0.15) is 0 Å². The molecule has 1 aromatic heterocycles. The van der Waals surface area contributed by atoms with Crippen molar-refractivity contribution in [1.29, 1.82) is 5.41 Å². The summed E-state index contributed by atoms with van der Waals surface area (Å²) in [7, 11) is 3.47. The van der Waals surface area contributed by atoms with Gasteiger partial charge in [-0.3, -0.25) is 9.88 Å². The molecule has 3 fully saturated rings. The van der Waals surface area contributed by atoms with Gasteiger partial charge < -0.3 is 24.9 Å². The number of rotatable bonds is 10. The maximum atomic E-state index is 15.0. The summed E-state index contributed by atoms with van der Waals surface area (Å²) in [5.74, 6) is 0.505. The highest BCUT2D eigenvalue weighted by Crippen LogP contribution is 2.54. The quantitative estimate of drug-likeness (QED) is 0.129. The molecule has 2 atom stereocenters. The lowest BCUT2D eigenvalue weighted by molar-refractivity contribution is -0.184. The number of hydrogen-bond acceptors (Lipinski definition) is 7. The predicted octanol–water partition coefficient (Wildman–Crippen LogP) is 6.50. The molecule has 2 aliphatic heterocycles. The Balaban J connectivity index is 1.20. The number of pyridine rings is 1. The molecule has 0 bridgehead atoms. The zero-order valence-corrected chi connectivity index (χ0v) is 26.5. The molecule has 6 rings (SSSR count). The van der Waals surface area contributed by atoms with Gasteiger partial charge in [-0.15, -0.1) is 0 Å².